The normalized spacial score (nSPS) is 22.1. The van der Waals surface area contributed by atoms with E-state index in [9.17, 15) is 9.59 Å². The molecule has 2 aliphatic rings. The second-order valence-corrected chi connectivity index (χ2v) is 7.13. The highest BCUT2D eigenvalue weighted by molar-refractivity contribution is 7.99. The standard InChI is InChI=1S/C19H17NO3S/c21-18(16-11-12-5-1-2-6-13(12)19(22)23-16)20-15-9-10-24-17-8-4-3-7-14(15)17/h1-8,15-16H,9-11H2,(H,20,21)/t15-,16-/m0/s1. The van der Waals surface area contributed by atoms with Crippen molar-refractivity contribution < 1.29 is 14.3 Å². The molecule has 0 saturated carbocycles. The molecule has 2 atom stereocenters. The zero-order chi connectivity index (χ0) is 16.5. The Bertz CT molecular complexity index is 805. The molecule has 0 saturated heterocycles. The molecular weight excluding hydrogens is 322 g/mol. The number of hydrogen-bond acceptors (Lipinski definition) is 4. The van der Waals surface area contributed by atoms with Crippen molar-refractivity contribution in [3.63, 3.8) is 0 Å². The van der Waals surface area contributed by atoms with Gasteiger partial charge in [-0.3, -0.25) is 4.79 Å². The van der Waals surface area contributed by atoms with Gasteiger partial charge < -0.3 is 10.1 Å². The molecule has 0 spiro atoms. The van der Waals surface area contributed by atoms with Crippen LogP contribution in [0.3, 0.4) is 0 Å². The molecule has 0 aliphatic carbocycles. The highest BCUT2D eigenvalue weighted by atomic mass is 32.2. The molecule has 0 aromatic heterocycles. The Hall–Kier alpha value is -2.27. The van der Waals surface area contributed by atoms with Crippen LogP contribution in [0.2, 0.25) is 0 Å². The summed E-state index contributed by atoms with van der Waals surface area (Å²) in [5.41, 5.74) is 2.57. The molecule has 1 amide bonds. The van der Waals surface area contributed by atoms with E-state index in [0.717, 1.165) is 23.3 Å². The molecule has 5 heteroatoms. The lowest BCUT2D eigenvalue weighted by atomic mass is 9.97. The van der Waals surface area contributed by atoms with Crippen molar-refractivity contribution in [2.45, 2.75) is 29.9 Å². The number of carbonyl (C=O) groups excluding carboxylic acids is 2. The Balaban J connectivity index is 1.51. The van der Waals surface area contributed by atoms with E-state index in [4.69, 9.17) is 4.74 Å². The average molecular weight is 339 g/mol. The van der Waals surface area contributed by atoms with Crippen molar-refractivity contribution in [1.29, 1.82) is 0 Å². The maximum Gasteiger partial charge on any atom is 0.339 e. The number of ether oxygens (including phenoxy) is 1. The lowest BCUT2D eigenvalue weighted by Crippen LogP contribution is -2.43. The van der Waals surface area contributed by atoms with Crippen LogP contribution < -0.4 is 5.32 Å². The van der Waals surface area contributed by atoms with Gasteiger partial charge in [-0.15, -0.1) is 11.8 Å². The predicted molar refractivity (Wildman–Crippen MR) is 92.0 cm³/mol. The first-order chi connectivity index (χ1) is 11.7. The van der Waals surface area contributed by atoms with E-state index in [1.165, 1.54) is 4.90 Å². The third kappa shape index (κ3) is 2.80. The van der Waals surface area contributed by atoms with Crippen LogP contribution in [0.4, 0.5) is 0 Å². The van der Waals surface area contributed by atoms with Crippen LogP contribution >= 0.6 is 11.8 Å². The van der Waals surface area contributed by atoms with Crippen LogP contribution in [0, 0.1) is 0 Å². The molecule has 0 unspecified atom stereocenters. The quantitative estimate of drug-likeness (QED) is 0.854. The number of carbonyl (C=O) groups is 2. The molecule has 2 aromatic carbocycles. The first-order valence-corrected chi connectivity index (χ1v) is 9.02. The summed E-state index contributed by atoms with van der Waals surface area (Å²) in [5, 5.41) is 3.07. The molecule has 2 heterocycles. The molecule has 0 fully saturated rings. The van der Waals surface area contributed by atoms with Crippen LogP contribution in [0.5, 0.6) is 0 Å². The number of esters is 1. The summed E-state index contributed by atoms with van der Waals surface area (Å²) in [5.74, 6) is 0.330. The lowest BCUT2D eigenvalue weighted by molar-refractivity contribution is -0.131. The number of cyclic esters (lactones) is 1. The van der Waals surface area contributed by atoms with Gasteiger partial charge in [-0.05, 0) is 29.7 Å². The topological polar surface area (TPSA) is 55.4 Å². The van der Waals surface area contributed by atoms with Gasteiger partial charge in [0.2, 0.25) is 0 Å². The van der Waals surface area contributed by atoms with Crippen molar-refractivity contribution >= 4 is 23.6 Å². The number of thioether (sulfide) groups is 1. The summed E-state index contributed by atoms with van der Waals surface area (Å²) < 4.78 is 5.35. The van der Waals surface area contributed by atoms with Gasteiger partial charge in [0.1, 0.15) is 0 Å². The minimum atomic E-state index is -0.755. The van der Waals surface area contributed by atoms with Crippen LogP contribution in [-0.4, -0.2) is 23.7 Å². The number of benzene rings is 2. The fraction of sp³-hybridized carbons (Fsp3) is 0.263. The van der Waals surface area contributed by atoms with Crippen LogP contribution in [0.1, 0.15) is 33.9 Å². The first kappa shape index (κ1) is 15.3. The second kappa shape index (κ2) is 6.32. The molecule has 2 aliphatic heterocycles. The third-order valence-corrected chi connectivity index (χ3v) is 5.58. The SMILES string of the molecule is O=C1O[C@H](C(=O)N[C@H]2CCSc3ccccc32)Cc2ccccc21. The Morgan fingerprint density at radius 3 is 2.83 bits per heavy atom. The van der Waals surface area contributed by atoms with Gasteiger partial charge in [-0.1, -0.05) is 36.4 Å². The third-order valence-electron chi connectivity index (χ3n) is 4.46. The smallest absolute Gasteiger partial charge is 0.339 e. The minimum absolute atomic E-state index is 0.0224. The Morgan fingerprint density at radius 1 is 1.12 bits per heavy atom. The first-order valence-electron chi connectivity index (χ1n) is 8.03. The number of rotatable bonds is 2. The van der Waals surface area contributed by atoms with Gasteiger partial charge in [-0.25, -0.2) is 4.79 Å². The zero-order valence-corrected chi connectivity index (χ0v) is 13.8. The number of fused-ring (bicyclic) bond motifs is 2. The molecule has 0 bridgehead atoms. The van der Waals surface area contributed by atoms with Gasteiger partial charge >= 0.3 is 5.97 Å². The summed E-state index contributed by atoms with van der Waals surface area (Å²) in [4.78, 5) is 25.9. The molecule has 4 rings (SSSR count). The summed E-state index contributed by atoms with van der Waals surface area (Å²) in [6.45, 7) is 0. The van der Waals surface area contributed by atoms with E-state index >= 15 is 0 Å². The van der Waals surface area contributed by atoms with Crippen LogP contribution in [0.15, 0.2) is 53.4 Å². The van der Waals surface area contributed by atoms with Gasteiger partial charge in [-0.2, -0.15) is 0 Å². The van der Waals surface area contributed by atoms with Crippen molar-refractivity contribution in [3.8, 4) is 0 Å². The molecule has 1 N–H and O–H groups in total. The van der Waals surface area contributed by atoms with Gasteiger partial charge in [0.25, 0.3) is 5.91 Å². The lowest BCUT2D eigenvalue weighted by Gasteiger charge is -2.29. The summed E-state index contributed by atoms with van der Waals surface area (Å²) in [6.07, 6.45) is 0.552. The van der Waals surface area contributed by atoms with Crippen molar-refractivity contribution in [2.24, 2.45) is 0 Å². The fourth-order valence-corrected chi connectivity index (χ4v) is 4.36. The van der Waals surface area contributed by atoms with E-state index < -0.39 is 12.1 Å². The largest absolute Gasteiger partial charge is 0.448 e. The Labute approximate surface area is 144 Å². The highest BCUT2D eigenvalue weighted by Crippen LogP contribution is 2.36. The second-order valence-electron chi connectivity index (χ2n) is 5.99. The summed E-state index contributed by atoms with van der Waals surface area (Å²) >= 11 is 1.81. The van der Waals surface area contributed by atoms with E-state index in [1.807, 2.05) is 36.0 Å². The number of nitrogens with one attached hydrogen (secondary N) is 1. The summed E-state index contributed by atoms with van der Waals surface area (Å²) in [6, 6.07) is 15.4. The molecule has 0 radical (unpaired) electrons. The van der Waals surface area contributed by atoms with Crippen molar-refractivity contribution in [3.05, 3.63) is 65.2 Å². The number of hydrogen-bond donors (Lipinski definition) is 1. The highest BCUT2D eigenvalue weighted by Gasteiger charge is 2.33. The van der Waals surface area contributed by atoms with Gasteiger partial charge in [0.15, 0.2) is 6.10 Å². The zero-order valence-electron chi connectivity index (χ0n) is 13.0. The van der Waals surface area contributed by atoms with Crippen molar-refractivity contribution in [2.75, 3.05) is 5.75 Å². The maximum atomic E-state index is 12.6. The molecule has 2 aromatic rings. The van der Waals surface area contributed by atoms with E-state index in [2.05, 4.69) is 17.4 Å². The van der Waals surface area contributed by atoms with Crippen molar-refractivity contribution in [1.82, 2.24) is 5.32 Å². The molecule has 122 valence electrons. The Kier molecular flexibility index (Phi) is 4.02. The fourth-order valence-electron chi connectivity index (χ4n) is 3.23. The monoisotopic (exact) mass is 339 g/mol. The molecule has 4 nitrogen and oxygen atoms in total. The van der Waals surface area contributed by atoms with Crippen LogP contribution in [-0.2, 0) is 16.0 Å². The minimum Gasteiger partial charge on any atom is -0.448 e. The van der Waals surface area contributed by atoms with E-state index in [0.29, 0.717) is 12.0 Å². The maximum absolute atomic E-state index is 12.6. The van der Waals surface area contributed by atoms with Gasteiger partial charge in [0.05, 0.1) is 11.6 Å². The predicted octanol–water partition coefficient (Wildman–Crippen LogP) is 3.12. The van der Waals surface area contributed by atoms with Gasteiger partial charge in [0, 0.05) is 17.1 Å². The average Bonchev–Trinajstić information content (AvgIpc) is 2.62. The van der Waals surface area contributed by atoms with Crippen LogP contribution in [0.25, 0.3) is 0 Å². The molecule has 24 heavy (non-hydrogen) atoms. The van der Waals surface area contributed by atoms with E-state index in [1.54, 1.807) is 12.1 Å². The summed E-state index contributed by atoms with van der Waals surface area (Å²) in [7, 11) is 0. The Morgan fingerprint density at radius 2 is 1.92 bits per heavy atom. The number of amides is 1. The molecular formula is C19H17NO3S. The van der Waals surface area contributed by atoms with E-state index in [-0.39, 0.29) is 11.9 Å².